The third-order valence-corrected chi connectivity index (χ3v) is 5.23. The van der Waals surface area contributed by atoms with E-state index in [1.807, 2.05) is 6.92 Å². The van der Waals surface area contributed by atoms with Crippen molar-refractivity contribution in [1.29, 1.82) is 0 Å². The van der Waals surface area contributed by atoms with Gasteiger partial charge in [0.25, 0.3) is 0 Å². The molecule has 6 heteroatoms. The Balaban J connectivity index is 2.00. The summed E-state index contributed by atoms with van der Waals surface area (Å²) in [6, 6.07) is 2.17. The smallest absolute Gasteiger partial charge is 0.225 e. The zero-order valence-electron chi connectivity index (χ0n) is 11.7. The number of thiophene rings is 1. The molecule has 108 valence electrons. The lowest BCUT2D eigenvalue weighted by Gasteiger charge is -2.36. The zero-order valence-corrected chi connectivity index (χ0v) is 13.3. The molecule has 1 saturated heterocycles. The summed E-state index contributed by atoms with van der Waals surface area (Å²) < 4.78 is 0. The van der Waals surface area contributed by atoms with Crippen LogP contribution in [0.1, 0.15) is 31.6 Å². The first-order valence-electron chi connectivity index (χ1n) is 6.92. The van der Waals surface area contributed by atoms with E-state index in [0.29, 0.717) is 5.28 Å². The third kappa shape index (κ3) is 2.62. The maximum Gasteiger partial charge on any atom is 0.225 e. The summed E-state index contributed by atoms with van der Waals surface area (Å²) in [6.07, 6.45) is 2.49. The second-order valence-corrected chi connectivity index (χ2v) is 7.04. The number of aryl methyl sites for hydroxylation is 1. The predicted octanol–water partition coefficient (Wildman–Crippen LogP) is 3.26. The first kappa shape index (κ1) is 14.0. The molecular formula is C14H18ClN3OS. The van der Waals surface area contributed by atoms with Crippen molar-refractivity contribution < 1.29 is 5.11 Å². The number of halogens is 1. The van der Waals surface area contributed by atoms with E-state index in [4.69, 9.17) is 11.6 Å². The molecule has 1 N–H and O–H groups in total. The van der Waals surface area contributed by atoms with Gasteiger partial charge in [-0.1, -0.05) is 6.92 Å². The number of hydrogen-bond acceptors (Lipinski definition) is 5. The van der Waals surface area contributed by atoms with E-state index in [-0.39, 0.29) is 0 Å². The first-order chi connectivity index (χ1) is 9.48. The second-order valence-electron chi connectivity index (χ2n) is 5.59. The van der Waals surface area contributed by atoms with Crippen LogP contribution < -0.4 is 4.90 Å². The maximum atomic E-state index is 10.1. The second kappa shape index (κ2) is 5.13. The summed E-state index contributed by atoms with van der Waals surface area (Å²) in [4.78, 5) is 13.2. The molecule has 0 bridgehead atoms. The SMILES string of the molecule is CCc1cc2c(N3CCC(C)(O)CC3)nc(Cl)nc2s1. The Hall–Kier alpha value is -0.910. The van der Waals surface area contributed by atoms with Gasteiger partial charge in [0.15, 0.2) is 0 Å². The number of anilines is 1. The van der Waals surface area contributed by atoms with Crippen molar-refractivity contribution in [2.75, 3.05) is 18.0 Å². The van der Waals surface area contributed by atoms with Gasteiger partial charge in [-0.2, -0.15) is 4.98 Å². The van der Waals surface area contributed by atoms with Gasteiger partial charge in [0, 0.05) is 18.0 Å². The molecule has 2 aromatic rings. The van der Waals surface area contributed by atoms with Gasteiger partial charge in [0.1, 0.15) is 10.6 Å². The topological polar surface area (TPSA) is 49.2 Å². The number of nitrogens with zero attached hydrogens (tertiary/aromatic N) is 3. The third-order valence-electron chi connectivity index (χ3n) is 3.88. The van der Waals surface area contributed by atoms with Crippen molar-refractivity contribution in [1.82, 2.24) is 9.97 Å². The van der Waals surface area contributed by atoms with Crippen LogP contribution in [0.5, 0.6) is 0 Å². The maximum absolute atomic E-state index is 10.1. The van der Waals surface area contributed by atoms with Crippen molar-refractivity contribution in [2.45, 2.75) is 38.7 Å². The van der Waals surface area contributed by atoms with Crippen LogP contribution in [0.4, 0.5) is 5.82 Å². The largest absolute Gasteiger partial charge is 0.390 e. The molecule has 0 unspecified atom stereocenters. The summed E-state index contributed by atoms with van der Waals surface area (Å²) in [5.41, 5.74) is -0.560. The first-order valence-corrected chi connectivity index (χ1v) is 8.11. The van der Waals surface area contributed by atoms with Gasteiger partial charge in [-0.15, -0.1) is 11.3 Å². The highest BCUT2D eigenvalue weighted by molar-refractivity contribution is 7.18. The molecule has 4 nitrogen and oxygen atoms in total. The fourth-order valence-electron chi connectivity index (χ4n) is 2.55. The van der Waals surface area contributed by atoms with Gasteiger partial charge < -0.3 is 10.0 Å². The van der Waals surface area contributed by atoms with Crippen molar-refractivity contribution in [3.63, 3.8) is 0 Å². The number of hydrogen-bond donors (Lipinski definition) is 1. The Morgan fingerprint density at radius 2 is 2.10 bits per heavy atom. The number of aromatic nitrogens is 2. The minimum Gasteiger partial charge on any atom is -0.390 e. The average Bonchev–Trinajstić information content (AvgIpc) is 2.80. The lowest BCUT2D eigenvalue weighted by atomic mass is 9.94. The Kier molecular flexibility index (Phi) is 3.60. The van der Waals surface area contributed by atoms with Crippen molar-refractivity contribution in [2.24, 2.45) is 0 Å². The molecule has 1 aliphatic rings. The summed E-state index contributed by atoms with van der Waals surface area (Å²) >= 11 is 7.74. The fourth-order valence-corrected chi connectivity index (χ4v) is 3.72. The van der Waals surface area contributed by atoms with Gasteiger partial charge in [-0.25, -0.2) is 4.98 Å². The lowest BCUT2D eigenvalue weighted by Crippen LogP contribution is -2.42. The van der Waals surface area contributed by atoms with Crippen LogP contribution in [-0.2, 0) is 6.42 Å². The summed E-state index contributed by atoms with van der Waals surface area (Å²) in [7, 11) is 0. The normalized spacial score (nSPS) is 18.7. The van der Waals surface area contributed by atoms with Gasteiger partial charge >= 0.3 is 0 Å². The van der Waals surface area contributed by atoms with Gasteiger partial charge in [-0.05, 0) is 43.9 Å². The summed E-state index contributed by atoms with van der Waals surface area (Å²) in [6.45, 7) is 5.63. The van der Waals surface area contributed by atoms with Crippen LogP contribution in [0, 0.1) is 0 Å². The number of rotatable bonds is 2. The summed E-state index contributed by atoms with van der Waals surface area (Å²) in [5, 5.41) is 11.4. The molecule has 3 heterocycles. The van der Waals surface area contributed by atoms with Crippen LogP contribution in [0.3, 0.4) is 0 Å². The van der Waals surface area contributed by atoms with Crippen LogP contribution in [0.2, 0.25) is 5.28 Å². The van der Waals surface area contributed by atoms with E-state index in [2.05, 4.69) is 27.9 Å². The molecule has 2 aromatic heterocycles. The van der Waals surface area contributed by atoms with Gasteiger partial charge in [-0.3, -0.25) is 0 Å². The Labute approximate surface area is 127 Å². The van der Waals surface area contributed by atoms with Crippen molar-refractivity contribution in [3.8, 4) is 0 Å². The van der Waals surface area contributed by atoms with Crippen LogP contribution in [0.15, 0.2) is 6.07 Å². The van der Waals surface area contributed by atoms with E-state index in [0.717, 1.165) is 48.4 Å². The standard InChI is InChI=1S/C14H18ClN3OS/c1-3-9-8-10-11(16-13(15)17-12(10)20-9)18-6-4-14(2,19)5-7-18/h8,19H,3-7H2,1-2H3. The van der Waals surface area contributed by atoms with E-state index in [9.17, 15) is 5.11 Å². The minimum absolute atomic E-state index is 0.300. The van der Waals surface area contributed by atoms with Crippen LogP contribution in [0.25, 0.3) is 10.2 Å². The quantitative estimate of drug-likeness (QED) is 0.865. The molecule has 0 amide bonds. The average molecular weight is 312 g/mol. The monoisotopic (exact) mass is 311 g/mol. The molecule has 0 saturated carbocycles. The van der Waals surface area contributed by atoms with E-state index in [1.165, 1.54) is 4.88 Å². The number of piperidine rings is 1. The van der Waals surface area contributed by atoms with E-state index in [1.54, 1.807) is 11.3 Å². The summed E-state index contributed by atoms with van der Waals surface area (Å²) in [5.74, 6) is 0.909. The molecule has 0 spiro atoms. The highest BCUT2D eigenvalue weighted by Crippen LogP contribution is 2.34. The Morgan fingerprint density at radius 1 is 1.40 bits per heavy atom. The van der Waals surface area contributed by atoms with Crippen molar-refractivity contribution >= 4 is 39.0 Å². The van der Waals surface area contributed by atoms with Crippen LogP contribution in [-0.4, -0.2) is 33.8 Å². The molecule has 3 rings (SSSR count). The molecule has 0 atom stereocenters. The fraction of sp³-hybridized carbons (Fsp3) is 0.571. The minimum atomic E-state index is -0.560. The Bertz CT molecular complexity index is 631. The number of fused-ring (bicyclic) bond motifs is 1. The highest BCUT2D eigenvalue weighted by Gasteiger charge is 2.29. The molecule has 1 aliphatic heterocycles. The molecule has 1 fully saturated rings. The highest BCUT2D eigenvalue weighted by atomic mass is 35.5. The molecular weight excluding hydrogens is 294 g/mol. The van der Waals surface area contributed by atoms with Gasteiger partial charge in [0.05, 0.1) is 11.0 Å². The lowest BCUT2D eigenvalue weighted by molar-refractivity contribution is 0.0350. The molecule has 0 radical (unpaired) electrons. The molecule has 0 aliphatic carbocycles. The number of aliphatic hydroxyl groups is 1. The van der Waals surface area contributed by atoms with E-state index >= 15 is 0 Å². The van der Waals surface area contributed by atoms with Crippen molar-refractivity contribution in [3.05, 3.63) is 16.2 Å². The van der Waals surface area contributed by atoms with E-state index < -0.39 is 5.60 Å². The Morgan fingerprint density at radius 3 is 2.75 bits per heavy atom. The predicted molar refractivity (Wildman–Crippen MR) is 83.9 cm³/mol. The molecule has 20 heavy (non-hydrogen) atoms. The van der Waals surface area contributed by atoms with Crippen LogP contribution >= 0.6 is 22.9 Å². The van der Waals surface area contributed by atoms with Gasteiger partial charge in [0.2, 0.25) is 5.28 Å². The zero-order chi connectivity index (χ0) is 14.3. The molecule has 0 aromatic carbocycles.